The second-order valence-corrected chi connectivity index (χ2v) is 3.94. The van der Waals surface area contributed by atoms with Crippen molar-refractivity contribution in [1.29, 1.82) is 0 Å². The van der Waals surface area contributed by atoms with Crippen LogP contribution in [0.15, 0.2) is 35.2 Å². The Morgan fingerprint density at radius 2 is 1.77 bits per heavy atom. The van der Waals surface area contributed by atoms with E-state index in [1.165, 1.54) is 19.2 Å². The molecule has 0 saturated carbocycles. The van der Waals surface area contributed by atoms with Crippen LogP contribution in [0.4, 0.5) is 0 Å². The van der Waals surface area contributed by atoms with Crippen molar-refractivity contribution in [3.8, 4) is 0 Å². The summed E-state index contributed by atoms with van der Waals surface area (Å²) in [5.74, 6) is 0.822. The minimum absolute atomic E-state index is 0. The van der Waals surface area contributed by atoms with Gasteiger partial charge in [-0.15, -0.1) is 0 Å². The van der Waals surface area contributed by atoms with Gasteiger partial charge < -0.3 is 4.74 Å². The average Bonchev–Trinajstić information content (AvgIpc) is 2.06. The first-order valence-electron chi connectivity index (χ1n) is 3.33. The zero-order chi connectivity index (χ0) is 9.03. The number of hydrogen-bond donors (Lipinski definition) is 0. The molecule has 0 fully saturated rings. The molecular weight excluding hydrogens is 183 g/mol. The molecule has 0 amide bonds. The molecule has 13 heavy (non-hydrogen) atoms. The van der Waals surface area contributed by atoms with Gasteiger partial charge in [-0.3, -0.25) is 8.42 Å². The van der Waals surface area contributed by atoms with Crippen LogP contribution in [0.2, 0.25) is 0 Å². The summed E-state index contributed by atoms with van der Waals surface area (Å²) in [4.78, 5) is 0.242. The average molecular weight is 192 g/mol. The van der Waals surface area contributed by atoms with Crippen molar-refractivity contribution in [3.05, 3.63) is 36.3 Å². The van der Waals surface area contributed by atoms with Gasteiger partial charge in [0.1, 0.15) is 0 Å². The Labute approximate surface area is 90.2 Å². The second-order valence-electron chi connectivity index (χ2n) is 2.19. The molecule has 0 heterocycles. The Kier molecular flexibility index (Phi) is 5.34. The summed E-state index contributed by atoms with van der Waals surface area (Å²) in [6, 6.07) is 8.12. The molecule has 0 aliphatic heterocycles. The van der Waals surface area contributed by atoms with Crippen LogP contribution in [0.3, 0.4) is 0 Å². The maximum atomic E-state index is 11.3. The number of benzene rings is 1. The Morgan fingerprint density at radius 1 is 1.23 bits per heavy atom. The topological polar surface area (TPSA) is 43.4 Å². The van der Waals surface area contributed by atoms with E-state index in [1.807, 2.05) is 0 Å². The fourth-order valence-corrected chi connectivity index (χ4v) is 1.69. The minimum Gasteiger partial charge on any atom is -0.538 e. The van der Waals surface area contributed by atoms with Crippen molar-refractivity contribution >= 4 is 9.84 Å². The smallest absolute Gasteiger partial charge is 0.538 e. The van der Waals surface area contributed by atoms with Gasteiger partial charge >= 0.3 is 18.9 Å². The third-order valence-electron chi connectivity index (χ3n) is 1.29. The molecule has 0 spiro atoms. The van der Waals surface area contributed by atoms with Crippen LogP contribution in [0.5, 0.6) is 0 Å². The fourth-order valence-electron chi connectivity index (χ4n) is 0.792. The SMILES string of the molecule is CO[CH-]S(=O)(=O)c1ccccc1.[Li+]. The first-order valence-corrected chi connectivity index (χ1v) is 4.87. The van der Waals surface area contributed by atoms with E-state index >= 15 is 0 Å². The molecule has 0 aromatic heterocycles. The molecule has 0 atom stereocenters. The zero-order valence-corrected chi connectivity index (χ0v) is 8.41. The maximum Gasteiger partial charge on any atom is 1.00 e. The molecular formula is C8H9LiO3S. The van der Waals surface area contributed by atoms with E-state index in [9.17, 15) is 8.42 Å². The van der Waals surface area contributed by atoms with E-state index in [1.54, 1.807) is 18.2 Å². The van der Waals surface area contributed by atoms with Crippen LogP contribution < -0.4 is 18.9 Å². The summed E-state index contributed by atoms with van der Waals surface area (Å²) < 4.78 is 27.0. The summed E-state index contributed by atoms with van der Waals surface area (Å²) in [5.41, 5.74) is 0. The summed E-state index contributed by atoms with van der Waals surface area (Å²) in [6.07, 6.45) is 0. The van der Waals surface area contributed by atoms with Crippen LogP contribution in [0, 0.1) is 5.94 Å². The van der Waals surface area contributed by atoms with Crippen LogP contribution in [0.1, 0.15) is 0 Å². The van der Waals surface area contributed by atoms with Crippen molar-refractivity contribution in [1.82, 2.24) is 0 Å². The van der Waals surface area contributed by atoms with E-state index in [0.717, 1.165) is 5.94 Å². The van der Waals surface area contributed by atoms with Gasteiger partial charge in [-0.25, -0.2) is 0 Å². The number of sulfone groups is 1. The quantitative estimate of drug-likeness (QED) is 0.420. The van der Waals surface area contributed by atoms with Crippen molar-refractivity contribution in [2.75, 3.05) is 7.11 Å². The molecule has 0 bridgehead atoms. The minimum atomic E-state index is -3.36. The molecule has 5 heteroatoms. The predicted octanol–water partition coefficient (Wildman–Crippen LogP) is -1.77. The van der Waals surface area contributed by atoms with Crippen molar-refractivity contribution in [2.24, 2.45) is 0 Å². The van der Waals surface area contributed by atoms with Gasteiger partial charge in [0.05, 0.1) is 9.84 Å². The molecule has 0 saturated heterocycles. The molecule has 0 N–H and O–H groups in total. The van der Waals surface area contributed by atoms with Crippen molar-refractivity contribution in [2.45, 2.75) is 4.90 Å². The molecule has 0 aliphatic rings. The molecule has 1 aromatic rings. The molecule has 1 rings (SSSR count). The van der Waals surface area contributed by atoms with E-state index in [4.69, 9.17) is 0 Å². The van der Waals surface area contributed by atoms with Crippen LogP contribution in [-0.2, 0) is 14.6 Å². The Bertz CT molecular complexity index is 334. The van der Waals surface area contributed by atoms with Crippen molar-refractivity contribution in [3.63, 3.8) is 0 Å². The van der Waals surface area contributed by atoms with Gasteiger partial charge in [-0.2, -0.15) is 0 Å². The monoisotopic (exact) mass is 192 g/mol. The number of hydrogen-bond acceptors (Lipinski definition) is 3. The third kappa shape index (κ3) is 3.53. The Morgan fingerprint density at radius 3 is 2.23 bits per heavy atom. The number of rotatable bonds is 3. The summed E-state index contributed by atoms with van der Waals surface area (Å²) >= 11 is 0. The van der Waals surface area contributed by atoms with Gasteiger partial charge in [0.25, 0.3) is 0 Å². The number of ether oxygens (including phenoxy) is 1. The largest absolute Gasteiger partial charge is 1.00 e. The summed E-state index contributed by atoms with van der Waals surface area (Å²) in [7, 11) is -2.05. The normalized spacial score (nSPS) is 10.5. The van der Waals surface area contributed by atoms with E-state index in [-0.39, 0.29) is 23.8 Å². The van der Waals surface area contributed by atoms with E-state index in [2.05, 4.69) is 4.74 Å². The summed E-state index contributed by atoms with van der Waals surface area (Å²) in [6.45, 7) is 0. The third-order valence-corrected chi connectivity index (χ3v) is 2.67. The fraction of sp³-hybridized carbons (Fsp3) is 0.125. The van der Waals surface area contributed by atoms with Crippen LogP contribution in [-0.4, -0.2) is 15.5 Å². The predicted molar refractivity (Wildman–Crippen MR) is 44.9 cm³/mol. The number of methoxy groups -OCH3 is 1. The van der Waals surface area contributed by atoms with Crippen LogP contribution in [0.25, 0.3) is 0 Å². The zero-order valence-electron chi connectivity index (χ0n) is 7.60. The molecule has 0 radical (unpaired) electrons. The Hall–Kier alpha value is -0.273. The molecule has 3 nitrogen and oxygen atoms in total. The maximum absolute atomic E-state index is 11.3. The van der Waals surface area contributed by atoms with Crippen LogP contribution >= 0.6 is 0 Å². The standard InChI is InChI=1S/C8H9O3S.Li/c1-11-7-12(9,10)8-5-3-2-4-6-8;/h2-7H,1H3;/q-1;+1. The molecule has 0 aliphatic carbocycles. The van der Waals surface area contributed by atoms with Gasteiger partial charge in [0, 0.05) is 4.90 Å². The molecule has 66 valence electrons. The summed E-state index contributed by atoms with van der Waals surface area (Å²) in [5, 5.41) is 0. The van der Waals surface area contributed by atoms with Gasteiger partial charge in [-0.1, -0.05) is 24.1 Å². The first kappa shape index (κ1) is 12.7. The Balaban J connectivity index is 0.00000144. The van der Waals surface area contributed by atoms with Gasteiger partial charge in [0.2, 0.25) is 0 Å². The van der Waals surface area contributed by atoms with Gasteiger partial charge in [0.15, 0.2) is 0 Å². The van der Waals surface area contributed by atoms with E-state index < -0.39 is 9.84 Å². The molecule has 0 unspecified atom stereocenters. The molecule has 1 aromatic carbocycles. The van der Waals surface area contributed by atoms with Gasteiger partial charge in [-0.05, 0) is 19.2 Å². The van der Waals surface area contributed by atoms with Crippen molar-refractivity contribution < 1.29 is 32.0 Å². The second kappa shape index (κ2) is 5.46. The van der Waals surface area contributed by atoms with E-state index in [0.29, 0.717) is 0 Å². The first-order chi connectivity index (χ1) is 5.67.